The number of carboxylic acid groups (broad SMARTS) is 1. The van der Waals surface area contributed by atoms with Crippen LogP contribution in [0.15, 0.2) is 36.4 Å². The van der Waals surface area contributed by atoms with Gasteiger partial charge in [0.25, 0.3) is 0 Å². The number of nitrogens with zero attached hydrogens (tertiary/aromatic N) is 6. The lowest BCUT2D eigenvalue weighted by molar-refractivity contribution is 0.0155. The van der Waals surface area contributed by atoms with Crippen LogP contribution in [0.3, 0.4) is 0 Å². The maximum atomic E-state index is 12.3. The minimum absolute atomic E-state index is 0. The van der Waals surface area contributed by atoms with E-state index in [0.29, 0.717) is 79.4 Å². The number of ether oxygens (including phenoxy) is 3. The van der Waals surface area contributed by atoms with Crippen LogP contribution in [0.25, 0.3) is 22.1 Å². The lowest BCUT2D eigenvalue weighted by Gasteiger charge is -2.34. The Morgan fingerprint density at radius 2 is 1.40 bits per heavy atom. The number of nitrogens with two attached hydrogens (primary N) is 3. The maximum Gasteiger partial charge on any atom is 0.410 e. The largest absolute Gasteiger partial charge is 0.494 e. The number of rotatable bonds is 10. The fraction of sp³-hybridized carbons (Fsp3) is 0.382. The number of amides is 2. The highest BCUT2D eigenvalue weighted by Crippen LogP contribution is 2.31. The number of hydrogen-bond donors (Lipinski definition) is 4. The molecule has 4 aromatic rings. The van der Waals surface area contributed by atoms with Crippen LogP contribution in [-0.2, 0) is 17.8 Å². The van der Waals surface area contributed by atoms with Gasteiger partial charge in [-0.2, -0.15) is 0 Å². The van der Waals surface area contributed by atoms with Crippen molar-refractivity contribution < 1.29 is 33.7 Å². The molecule has 0 atom stereocenters. The van der Waals surface area contributed by atoms with E-state index < -0.39 is 17.5 Å². The molecular formula is C34H43Br2N9O7. The van der Waals surface area contributed by atoms with Gasteiger partial charge in [-0.25, -0.2) is 19.6 Å². The summed E-state index contributed by atoms with van der Waals surface area (Å²) in [4.78, 5) is 48.5. The molecule has 0 unspecified atom stereocenters. The molecule has 16 nitrogen and oxygen atoms in total. The molecule has 1 fully saturated rings. The monoisotopic (exact) mass is 847 g/mol. The topological polar surface area (TPSA) is 219 Å². The lowest BCUT2D eigenvalue weighted by atomic mass is 10.1. The van der Waals surface area contributed by atoms with Crippen LogP contribution in [0, 0.1) is 11.8 Å². The number of fused-ring (bicyclic) bond motifs is 2. The number of aromatic carboxylic acids is 1. The standard InChI is InChI=1S/C34H41N9O7.2BrH/c1-34(2,3)50-33(47)41-14-12-40(13-15-41)9-7-8-16-49-26-19-21(29(35)44)17-23-28(26)43(32(37)38-23)11-6-5-10-42-27-24(39-31(42)36)18-22(30(45)46)20-25(27)48-4;;/h5-6,17-20H,9-16H2,1-4H3,(H2,35,44)(H2,36,39)(H2,37,38)(H,45,46);2*1H/b6-5+;;. The zero-order valence-electron chi connectivity index (χ0n) is 29.2. The lowest BCUT2D eigenvalue weighted by Crippen LogP contribution is -2.50. The number of nitrogen functional groups attached to an aromatic ring is 2. The van der Waals surface area contributed by atoms with E-state index in [-0.39, 0.29) is 69.7 Å². The van der Waals surface area contributed by atoms with Crippen molar-refractivity contribution in [3.8, 4) is 23.3 Å². The summed E-state index contributed by atoms with van der Waals surface area (Å²) < 4.78 is 20.4. The number of carbonyl (C=O) groups is 3. The molecule has 7 N–H and O–H groups in total. The van der Waals surface area contributed by atoms with Gasteiger partial charge in [-0.05, 0) is 45.0 Å². The van der Waals surface area contributed by atoms with Crippen LogP contribution in [0.4, 0.5) is 16.7 Å². The Balaban J connectivity index is 0.00000364. The summed E-state index contributed by atoms with van der Waals surface area (Å²) in [5.41, 5.74) is 19.7. The number of anilines is 2. The predicted octanol–water partition coefficient (Wildman–Crippen LogP) is 3.70. The zero-order valence-corrected chi connectivity index (χ0v) is 32.7. The molecule has 3 heterocycles. The molecular weight excluding hydrogens is 806 g/mol. The second-order valence-corrected chi connectivity index (χ2v) is 12.6. The molecule has 2 aromatic heterocycles. The van der Waals surface area contributed by atoms with E-state index >= 15 is 0 Å². The van der Waals surface area contributed by atoms with E-state index in [1.54, 1.807) is 26.2 Å². The Kier molecular flexibility index (Phi) is 13.9. The molecule has 2 aromatic carbocycles. The van der Waals surface area contributed by atoms with Gasteiger partial charge < -0.3 is 50.6 Å². The van der Waals surface area contributed by atoms with E-state index in [4.69, 9.17) is 31.4 Å². The van der Waals surface area contributed by atoms with Crippen LogP contribution in [0.5, 0.6) is 11.5 Å². The van der Waals surface area contributed by atoms with Crippen LogP contribution in [0.1, 0.15) is 41.5 Å². The van der Waals surface area contributed by atoms with Gasteiger partial charge in [-0.3, -0.25) is 9.69 Å². The first-order valence-corrected chi connectivity index (χ1v) is 15.9. The van der Waals surface area contributed by atoms with E-state index in [9.17, 15) is 19.5 Å². The van der Waals surface area contributed by atoms with Gasteiger partial charge in [0, 0.05) is 44.8 Å². The summed E-state index contributed by atoms with van der Waals surface area (Å²) >= 11 is 0. The molecule has 0 saturated carbocycles. The SMILES string of the molecule is Br.Br.COc1cc(C(=O)O)cc2nc(N)n(C/C=C/Cn3c(N)nc4cc(C(N)=O)cc(OCC#CCN5CCN(C(=O)OC(C)(C)C)CC5)c43)c12. The molecule has 18 heteroatoms. The predicted molar refractivity (Wildman–Crippen MR) is 208 cm³/mol. The molecule has 0 aliphatic carbocycles. The van der Waals surface area contributed by atoms with E-state index in [1.807, 2.05) is 32.9 Å². The number of carbonyl (C=O) groups excluding carboxylic acids is 2. The molecule has 1 aliphatic heterocycles. The van der Waals surface area contributed by atoms with Gasteiger partial charge in [0.05, 0.1) is 30.3 Å². The van der Waals surface area contributed by atoms with Crippen LogP contribution in [0.2, 0.25) is 0 Å². The number of carboxylic acids is 1. The molecule has 0 spiro atoms. The highest BCUT2D eigenvalue weighted by atomic mass is 79.9. The molecule has 2 amide bonds. The average molecular weight is 850 g/mol. The third-order valence-corrected chi connectivity index (χ3v) is 7.92. The number of primary amides is 1. The second kappa shape index (κ2) is 17.5. The molecule has 1 aliphatic rings. The van der Waals surface area contributed by atoms with E-state index in [0.717, 1.165) is 0 Å². The number of allylic oxidation sites excluding steroid dienone is 2. The maximum absolute atomic E-state index is 12.3. The first kappa shape index (κ1) is 41.4. The summed E-state index contributed by atoms with van der Waals surface area (Å²) in [6.45, 7) is 9.12. The van der Waals surface area contributed by atoms with Crippen molar-refractivity contribution in [2.24, 2.45) is 5.73 Å². The fourth-order valence-electron chi connectivity index (χ4n) is 5.50. The summed E-state index contributed by atoms with van der Waals surface area (Å²) in [7, 11) is 1.45. The normalized spacial score (nSPS) is 13.3. The summed E-state index contributed by atoms with van der Waals surface area (Å²) in [6.07, 6.45) is 3.39. The minimum Gasteiger partial charge on any atom is -0.494 e. The van der Waals surface area contributed by atoms with Crippen molar-refractivity contribution in [2.45, 2.75) is 39.5 Å². The third-order valence-electron chi connectivity index (χ3n) is 7.92. The van der Waals surface area contributed by atoms with Gasteiger partial charge >= 0.3 is 12.1 Å². The third kappa shape index (κ3) is 9.66. The van der Waals surface area contributed by atoms with Crippen molar-refractivity contribution in [3.63, 3.8) is 0 Å². The molecule has 0 bridgehead atoms. The van der Waals surface area contributed by atoms with E-state index in [2.05, 4.69) is 26.7 Å². The Labute approximate surface area is 321 Å². The van der Waals surface area contributed by atoms with Gasteiger partial charge in [0.1, 0.15) is 34.7 Å². The average Bonchev–Trinajstić information content (AvgIpc) is 3.55. The number of piperazine rings is 1. The molecule has 0 radical (unpaired) electrons. The Morgan fingerprint density at radius 3 is 1.92 bits per heavy atom. The number of halogens is 2. The summed E-state index contributed by atoms with van der Waals surface area (Å²) in [6, 6.07) is 5.96. The fourth-order valence-corrected chi connectivity index (χ4v) is 5.50. The highest BCUT2D eigenvalue weighted by Gasteiger charge is 2.25. The van der Waals surface area contributed by atoms with Gasteiger partial charge in [0.2, 0.25) is 17.8 Å². The first-order valence-electron chi connectivity index (χ1n) is 15.9. The van der Waals surface area contributed by atoms with Crippen LogP contribution >= 0.6 is 34.0 Å². The number of methoxy groups -OCH3 is 1. The van der Waals surface area contributed by atoms with Crippen molar-refractivity contribution in [1.29, 1.82) is 0 Å². The van der Waals surface area contributed by atoms with Crippen molar-refractivity contribution >= 4 is 85.9 Å². The van der Waals surface area contributed by atoms with E-state index in [1.165, 1.54) is 19.2 Å². The first-order chi connectivity index (χ1) is 23.8. The molecule has 1 saturated heterocycles. The van der Waals surface area contributed by atoms with Gasteiger partial charge in [-0.1, -0.05) is 24.0 Å². The quantitative estimate of drug-likeness (QED) is 0.133. The van der Waals surface area contributed by atoms with Crippen molar-refractivity contribution in [1.82, 2.24) is 28.9 Å². The molecule has 52 heavy (non-hydrogen) atoms. The smallest absolute Gasteiger partial charge is 0.410 e. The summed E-state index contributed by atoms with van der Waals surface area (Å²) in [5, 5.41) is 9.43. The zero-order chi connectivity index (χ0) is 36.2. The Bertz CT molecular complexity index is 2040. The Hall–Kier alpha value is -4.99. The number of aromatic nitrogens is 4. The van der Waals surface area contributed by atoms with Crippen molar-refractivity contribution in [2.75, 3.05) is 57.9 Å². The van der Waals surface area contributed by atoms with Gasteiger partial charge in [-0.15, -0.1) is 34.0 Å². The molecule has 280 valence electrons. The summed E-state index contributed by atoms with van der Waals surface area (Å²) in [5.74, 6) is 5.45. The van der Waals surface area contributed by atoms with Crippen LogP contribution < -0.4 is 26.7 Å². The van der Waals surface area contributed by atoms with Gasteiger partial charge in [0.15, 0.2) is 0 Å². The Morgan fingerprint density at radius 1 is 0.865 bits per heavy atom. The highest BCUT2D eigenvalue weighted by molar-refractivity contribution is 8.93. The van der Waals surface area contributed by atoms with Crippen molar-refractivity contribution in [3.05, 3.63) is 47.5 Å². The molecule has 5 rings (SSSR count). The van der Waals surface area contributed by atoms with Crippen LogP contribution in [-0.4, -0.2) is 104 Å². The number of benzene rings is 2. The minimum atomic E-state index is -1.10. The number of imidazole rings is 2. The second-order valence-electron chi connectivity index (χ2n) is 12.6. The number of hydrogen-bond acceptors (Lipinski definition) is 11.